The number of amides is 3. The van der Waals surface area contributed by atoms with E-state index in [0.717, 1.165) is 43.3 Å². The van der Waals surface area contributed by atoms with E-state index in [9.17, 15) is 41.9 Å². The predicted octanol–water partition coefficient (Wildman–Crippen LogP) is 14.6. The molecule has 2 N–H and O–H groups in total. The number of piperazine rings is 3. The van der Waals surface area contributed by atoms with Crippen molar-refractivity contribution in [3.05, 3.63) is 191 Å². The predicted molar refractivity (Wildman–Crippen MR) is 467 cm³/mol. The first-order valence-electron chi connectivity index (χ1n) is 38.5. The van der Waals surface area contributed by atoms with Gasteiger partial charge in [0.15, 0.2) is 0 Å². The van der Waals surface area contributed by atoms with Crippen LogP contribution in [0.25, 0.3) is 66.1 Å². The van der Waals surface area contributed by atoms with Gasteiger partial charge in [-0.15, -0.1) is 35.3 Å². The zero-order valence-electron chi connectivity index (χ0n) is 66.4. The molecular formula is C84H88Cl5F4N13O10S3. The van der Waals surface area contributed by atoms with Gasteiger partial charge in [0.2, 0.25) is 17.7 Å². The van der Waals surface area contributed by atoms with E-state index < -0.39 is 28.8 Å². The molecule has 9 heterocycles. The number of carbonyl (C=O) groups is 3. The van der Waals surface area contributed by atoms with Crippen molar-refractivity contribution in [1.82, 2.24) is 43.4 Å². The Morgan fingerprint density at radius 1 is 0.445 bits per heavy atom. The van der Waals surface area contributed by atoms with Gasteiger partial charge in [0.25, 0.3) is 0 Å². The molecule has 9 atom stereocenters. The number of anilines is 3. The van der Waals surface area contributed by atoms with Crippen molar-refractivity contribution in [2.24, 2.45) is 5.73 Å². The molecule has 0 spiro atoms. The molecule has 6 aliphatic rings. The molecule has 3 unspecified atom stereocenters. The molecular weight excluding hydrogens is 1700 g/mol. The Morgan fingerprint density at radius 3 is 1.18 bits per heavy atom. The van der Waals surface area contributed by atoms with Crippen molar-refractivity contribution in [3.63, 3.8) is 0 Å². The van der Waals surface area contributed by atoms with E-state index in [1.807, 2.05) is 63.5 Å². The van der Waals surface area contributed by atoms with Gasteiger partial charge in [-0.25, -0.2) is 31.9 Å². The molecule has 630 valence electrons. The Morgan fingerprint density at radius 2 is 0.798 bits per heavy atom. The van der Waals surface area contributed by atoms with E-state index in [1.54, 1.807) is 80.1 Å². The lowest BCUT2D eigenvalue weighted by Gasteiger charge is -2.44. The summed E-state index contributed by atoms with van der Waals surface area (Å²) in [5, 5.41) is 2.91. The first kappa shape index (κ1) is 88.6. The van der Waals surface area contributed by atoms with Gasteiger partial charge in [0.1, 0.15) is 40.7 Å². The maximum atomic E-state index is 15.2. The van der Waals surface area contributed by atoms with Crippen molar-refractivity contribution in [3.8, 4) is 33.4 Å². The largest absolute Gasteiger partial charge is 0.382 e. The zero-order valence-corrected chi connectivity index (χ0v) is 72.7. The minimum absolute atomic E-state index is 0.0192. The Bertz CT molecular complexity index is 5670. The van der Waals surface area contributed by atoms with Gasteiger partial charge in [-0.1, -0.05) is 95.9 Å². The van der Waals surface area contributed by atoms with Gasteiger partial charge in [0, 0.05) is 179 Å². The number of carbonyl (C=O) groups excluding carboxylic acids is 3. The highest BCUT2D eigenvalue weighted by Gasteiger charge is 2.40. The second-order valence-electron chi connectivity index (χ2n) is 30.1. The highest BCUT2D eigenvalue weighted by molar-refractivity contribution is 8.00. The zero-order chi connectivity index (χ0) is 85.4. The van der Waals surface area contributed by atoms with Crippen molar-refractivity contribution >= 4 is 161 Å². The van der Waals surface area contributed by atoms with Crippen LogP contribution in [-0.4, -0.2) is 213 Å². The molecule has 0 aliphatic carbocycles. The van der Waals surface area contributed by atoms with Crippen molar-refractivity contribution in [1.29, 1.82) is 0 Å². The van der Waals surface area contributed by atoms with Gasteiger partial charge in [-0.05, 0) is 119 Å². The maximum Gasteiger partial charge on any atom is 0.350 e. The molecule has 9 aromatic rings. The Kier molecular flexibility index (Phi) is 28.0. The smallest absolute Gasteiger partial charge is 0.350 e. The number of hydrogen-bond donors (Lipinski definition) is 1. The summed E-state index contributed by atoms with van der Waals surface area (Å²) in [6, 6.07) is 16.8. The van der Waals surface area contributed by atoms with Gasteiger partial charge < -0.3 is 54.1 Å². The van der Waals surface area contributed by atoms with Crippen LogP contribution in [0.15, 0.2) is 140 Å². The SMILES string of the molecule is C=CC(=O)N1[C@H](C)CN(c2nc(=O)n3c4c(c(-c5cc(Cl)c(F)cc5F)c(Cl)cc24)SCC(OCCOC)C3)C[C@@H]1C.C=CC(=O)N1[C@H](C)CN(c2nc(=O)n3c4c(c(-c5ccc(F)c(Cl)c5)c(Cl)cc24)SCC(OCCOC)C3)C[C@@H]1C.C=CC(=O)N1[C@H](C)CN(c2nc(=O)n3c4c(c(-c5ccc(F)cc5)c(Cl)cc24)SCC(N)C3)C[C@@H]1C. The molecule has 3 saturated heterocycles. The van der Waals surface area contributed by atoms with Crippen LogP contribution in [0.3, 0.4) is 0 Å². The minimum Gasteiger partial charge on any atom is -0.382 e. The summed E-state index contributed by atoms with van der Waals surface area (Å²) in [7, 11) is 3.18. The number of thioether (sulfide) groups is 3. The van der Waals surface area contributed by atoms with Crippen LogP contribution < -0.4 is 37.5 Å². The van der Waals surface area contributed by atoms with E-state index in [1.165, 1.54) is 70.6 Å². The summed E-state index contributed by atoms with van der Waals surface area (Å²) < 4.78 is 84.2. The van der Waals surface area contributed by atoms with Crippen LogP contribution in [-0.2, 0) is 53.0 Å². The summed E-state index contributed by atoms with van der Waals surface area (Å²) in [5.41, 5.74) is 10.1. The molecule has 15 rings (SSSR count). The highest BCUT2D eigenvalue weighted by atomic mass is 35.5. The molecule has 3 fully saturated rings. The molecule has 6 aliphatic heterocycles. The fourth-order valence-electron chi connectivity index (χ4n) is 16.8. The molecule has 23 nitrogen and oxygen atoms in total. The average Bonchev–Trinajstić information content (AvgIpc) is 1.73. The normalized spacial score (nSPS) is 21.1. The molecule has 119 heavy (non-hydrogen) atoms. The van der Waals surface area contributed by atoms with Gasteiger partial charge >= 0.3 is 17.1 Å². The number of aromatic nitrogens is 6. The van der Waals surface area contributed by atoms with Crippen molar-refractivity contribution < 1.29 is 50.9 Å². The summed E-state index contributed by atoms with van der Waals surface area (Å²) in [6.07, 6.45) is 3.28. The topological polar surface area (TPSA) is 238 Å². The van der Waals surface area contributed by atoms with Gasteiger partial charge in [-0.2, -0.15) is 15.0 Å². The highest BCUT2D eigenvalue weighted by Crippen LogP contribution is 2.51. The minimum atomic E-state index is -0.888. The number of halogens is 9. The summed E-state index contributed by atoms with van der Waals surface area (Å²) in [5.74, 6) is 0.0390. The first-order valence-corrected chi connectivity index (χ1v) is 43.3. The van der Waals surface area contributed by atoms with Crippen LogP contribution in [0.2, 0.25) is 25.1 Å². The fourth-order valence-corrected chi connectivity index (χ4v) is 22.0. The van der Waals surface area contributed by atoms with Crippen molar-refractivity contribution in [2.45, 2.75) is 130 Å². The maximum absolute atomic E-state index is 15.2. The Hall–Kier alpha value is -8.21. The molecule has 35 heteroatoms. The van der Waals surface area contributed by atoms with Crippen LogP contribution in [0.4, 0.5) is 35.0 Å². The summed E-state index contributed by atoms with van der Waals surface area (Å²) >= 11 is 37.4. The number of hydrogen-bond acceptors (Lipinski definition) is 20. The summed E-state index contributed by atoms with van der Waals surface area (Å²) in [6.45, 7) is 27.8. The third-order valence-electron chi connectivity index (χ3n) is 21.8. The average molecular weight is 1790 g/mol. The quantitative estimate of drug-likeness (QED) is 0.0386. The number of nitrogens with zero attached hydrogens (tertiary/aromatic N) is 12. The van der Waals surface area contributed by atoms with E-state index in [0.29, 0.717) is 162 Å². The number of methoxy groups -OCH3 is 2. The number of rotatable bonds is 17. The second kappa shape index (κ2) is 37.6. The molecule has 6 aromatic carbocycles. The molecule has 0 radical (unpaired) electrons. The van der Waals surface area contributed by atoms with Crippen LogP contribution in [0, 0.1) is 23.3 Å². The standard InChI is InChI=1S/C29H30Cl2F2N4O4S.C29H31Cl2FN4O4S.C26H27ClFN5O2S/c1-5-24(38)37-15(2)11-35(12-16(37)3)28-19-9-21(31)25(18-8-20(30)23(33)10-22(18)32)27-26(19)36(29(39)34-28)13-17(14-42-27)41-7-6-40-4;1-5-24(37)36-16(2)12-34(13-17(36)3)28-20-11-22(31)25(18-6-7-23(32)21(30)10-18)27-26(20)35(29(38)33-28)14-19(15-41-27)40-9-8-39-4;1-4-21(34)33-14(2)10-31(11-15(33)3)25-19-9-20(27)22(16-5-7-17(28)8-6-16)24-23(19)32(26(35)30-25)12-18(29)13-36-24/h5,8-10,15-17H,1,6-7,11-14H2,2-4H3;5-7,10-11,16-17,19H,1,8-9,12-15H2,2-4H3;4-9,14-15,18H,1,10-13,29H2,2-3H3/t15-,16+,17?;16-,17+,19?;14-,15+,18?. The second-order valence-corrected chi connectivity index (χ2v) is 35.2. The molecule has 0 bridgehead atoms. The fraction of sp³-hybridized carbons (Fsp3) is 0.393. The first-order chi connectivity index (χ1) is 56.9. The van der Waals surface area contributed by atoms with Crippen LogP contribution in [0.1, 0.15) is 41.5 Å². The molecule has 3 amide bonds. The van der Waals surface area contributed by atoms with Crippen molar-refractivity contribution in [2.75, 3.05) is 112 Å². The lowest BCUT2D eigenvalue weighted by atomic mass is 10.0. The van der Waals surface area contributed by atoms with E-state index in [4.69, 9.17) is 82.7 Å². The lowest BCUT2D eigenvalue weighted by molar-refractivity contribution is -0.131. The molecule has 3 aromatic heterocycles. The third kappa shape index (κ3) is 18.1. The van der Waals surface area contributed by atoms with Gasteiger partial charge in [0.05, 0.1) is 93.4 Å². The van der Waals surface area contributed by atoms with E-state index >= 15 is 4.39 Å². The van der Waals surface area contributed by atoms with E-state index in [-0.39, 0.29) is 111 Å². The van der Waals surface area contributed by atoms with Gasteiger partial charge in [-0.3, -0.25) is 28.1 Å². The monoisotopic (exact) mass is 1790 g/mol. The Labute approximate surface area is 722 Å². The Balaban J connectivity index is 0.000000155. The van der Waals surface area contributed by atoms with Crippen LogP contribution >= 0.6 is 93.3 Å². The third-order valence-corrected chi connectivity index (χ3v) is 27.0. The number of benzene rings is 6. The number of ether oxygens (including phenoxy) is 4. The number of nitrogens with two attached hydrogens (primary N) is 1. The van der Waals surface area contributed by atoms with Crippen LogP contribution in [0.5, 0.6) is 0 Å². The molecule has 0 saturated carbocycles. The van der Waals surface area contributed by atoms with E-state index in [2.05, 4.69) is 39.6 Å². The summed E-state index contributed by atoms with van der Waals surface area (Å²) in [4.78, 5) is 105. The lowest BCUT2D eigenvalue weighted by Crippen LogP contribution is -2.58.